The number of rotatable bonds is 20. The lowest BCUT2D eigenvalue weighted by Crippen LogP contribution is -2.47. The zero-order valence-corrected chi connectivity index (χ0v) is 25.2. The third-order valence-corrected chi connectivity index (χ3v) is 12.6. The van der Waals surface area contributed by atoms with Crippen molar-refractivity contribution in [2.24, 2.45) is 0 Å². The molecule has 3 aromatic rings. The van der Waals surface area contributed by atoms with Crippen molar-refractivity contribution in [1.82, 2.24) is 0 Å². The molecule has 0 amide bonds. The summed E-state index contributed by atoms with van der Waals surface area (Å²) in [4.78, 5) is 0. The monoisotopic (exact) mass is 547 g/mol. The molecule has 3 heteroatoms. The van der Waals surface area contributed by atoms with Gasteiger partial charge in [-0.25, -0.2) is 0 Å². The van der Waals surface area contributed by atoms with E-state index < -0.39 is 12.8 Å². The quantitative estimate of drug-likeness (QED) is 0.0842. The van der Waals surface area contributed by atoms with Crippen LogP contribution in [-0.2, 0) is 0 Å². The number of benzene rings is 3. The first kappa shape index (κ1) is 31.5. The predicted molar refractivity (Wildman–Crippen MR) is 172 cm³/mol. The van der Waals surface area contributed by atoms with Crippen LogP contribution in [0.3, 0.4) is 0 Å². The standard InChI is InChI=1S/C36H52O2P/c1-2-3-4-5-6-7-8-9-10-11-12-13-14-15-25-32-36(37,38)39(33-26-19-16-20-27-33,34-28-21-17-22-29-34)35-30-23-18-24-31-35/h16-24,26-31,37-38H,2-15,25,32H2,1H3/q+1. The van der Waals surface area contributed by atoms with Gasteiger partial charge in [-0.15, -0.1) is 0 Å². The Labute approximate surface area is 239 Å². The molecule has 0 saturated carbocycles. The van der Waals surface area contributed by atoms with E-state index in [9.17, 15) is 10.2 Å². The Kier molecular flexibility index (Phi) is 14.3. The molecule has 0 heterocycles. The molecular weight excluding hydrogens is 495 g/mol. The van der Waals surface area contributed by atoms with Gasteiger partial charge in [0.2, 0.25) is 0 Å². The third-order valence-electron chi connectivity index (χ3n) is 8.08. The van der Waals surface area contributed by atoms with Crippen LogP contribution in [0.5, 0.6) is 0 Å². The van der Waals surface area contributed by atoms with Crippen LogP contribution in [0.2, 0.25) is 0 Å². The number of aliphatic hydroxyl groups is 2. The van der Waals surface area contributed by atoms with Gasteiger partial charge in [0.1, 0.15) is 15.9 Å². The van der Waals surface area contributed by atoms with E-state index in [4.69, 9.17) is 0 Å². The summed E-state index contributed by atoms with van der Waals surface area (Å²) in [6.07, 6.45) is 19.8. The zero-order valence-electron chi connectivity index (χ0n) is 24.3. The van der Waals surface area contributed by atoms with Gasteiger partial charge in [-0.3, -0.25) is 0 Å². The Balaban J connectivity index is 1.52. The van der Waals surface area contributed by atoms with Crippen molar-refractivity contribution in [2.45, 2.75) is 115 Å². The molecule has 0 fully saturated rings. The van der Waals surface area contributed by atoms with Gasteiger partial charge >= 0.3 is 0 Å². The average Bonchev–Trinajstić information content (AvgIpc) is 2.97. The van der Waals surface area contributed by atoms with Crippen molar-refractivity contribution in [3.8, 4) is 0 Å². The van der Waals surface area contributed by atoms with Gasteiger partial charge < -0.3 is 10.2 Å². The molecule has 0 aromatic heterocycles. The van der Waals surface area contributed by atoms with E-state index in [0.29, 0.717) is 6.42 Å². The molecular formula is C36H52O2P+. The molecule has 2 N–H and O–H groups in total. The van der Waals surface area contributed by atoms with E-state index >= 15 is 0 Å². The van der Waals surface area contributed by atoms with Crippen LogP contribution in [-0.4, -0.2) is 15.7 Å². The second-order valence-corrected chi connectivity index (χ2v) is 14.8. The largest absolute Gasteiger partial charge is 0.334 e. The molecule has 3 aromatic carbocycles. The smallest absolute Gasteiger partial charge is 0.293 e. The first-order valence-corrected chi connectivity index (χ1v) is 17.4. The maximum atomic E-state index is 12.0. The van der Waals surface area contributed by atoms with Crippen LogP contribution in [0.15, 0.2) is 91.0 Å². The van der Waals surface area contributed by atoms with Crippen molar-refractivity contribution in [2.75, 3.05) is 0 Å². The summed E-state index contributed by atoms with van der Waals surface area (Å²) in [6, 6.07) is 30.5. The average molecular weight is 548 g/mol. The molecule has 0 aliphatic carbocycles. The second-order valence-electron chi connectivity index (χ2n) is 11.2. The molecule has 2 nitrogen and oxygen atoms in total. The Morgan fingerprint density at radius 1 is 0.436 bits per heavy atom. The fourth-order valence-corrected chi connectivity index (χ4v) is 10.4. The minimum absolute atomic E-state index is 0.373. The summed E-state index contributed by atoms with van der Waals surface area (Å²) in [6.45, 7) is 2.28. The van der Waals surface area contributed by atoms with E-state index in [1.165, 1.54) is 83.5 Å². The topological polar surface area (TPSA) is 40.5 Å². The molecule has 0 spiro atoms. The van der Waals surface area contributed by atoms with Gasteiger partial charge in [-0.05, 0) is 42.8 Å². The van der Waals surface area contributed by atoms with E-state index in [1.807, 2.05) is 54.6 Å². The summed E-state index contributed by atoms with van der Waals surface area (Å²) >= 11 is 0. The Bertz CT molecular complexity index is 907. The Hall–Kier alpha value is -1.99. The molecule has 0 atom stereocenters. The van der Waals surface area contributed by atoms with Gasteiger partial charge in [0.25, 0.3) is 5.53 Å². The first-order chi connectivity index (χ1) is 19.1. The highest BCUT2D eigenvalue weighted by Gasteiger charge is 2.61. The fraction of sp³-hybridized carbons (Fsp3) is 0.500. The van der Waals surface area contributed by atoms with E-state index in [0.717, 1.165) is 28.8 Å². The second kappa shape index (κ2) is 17.6. The van der Waals surface area contributed by atoms with Gasteiger partial charge in [-0.2, -0.15) is 0 Å². The number of hydrogen-bond acceptors (Lipinski definition) is 2. The van der Waals surface area contributed by atoms with Crippen LogP contribution in [0.25, 0.3) is 0 Å². The lowest BCUT2D eigenvalue weighted by atomic mass is 10.0. The van der Waals surface area contributed by atoms with Gasteiger partial charge in [0, 0.05) is 6.42 Å². The normalized spacial score (nSPS) is 12.1. The SMILES string of the molecule is CCCCCCCCCCCCCCCCCC(O)(O)[P+](c1ccccc1)(c1ccccc1)c1ccccc1. The molecule has 0 aliphatic rings. The predicted octanol–water partition coefficient (Wildman–Crippen LogP) is 8.88. The van der Waals surface area contributed by atoms with Crippen LogP contribution in [0, 0.1) is 0 Å². The minimum Gasteiger partial charge on any atom is -0.334 e. The molecule has 3 rings (SSSR count). The third kappa shape index (κ3) is 9.28. The highest BCUT2D eigenvalue weighted by molar-refractivity contribution is 7.96. The molecule has 0 unspecified atom stereocenters. The van der Waals surface area contributed by atoms with E-state index in [-0.39, 0.29) is 0 Å². The van der Waals surface area contributed by atoms with Crippen molar-refractivity contribution < 1.29 is 10.2 Å². The van der Waals surface area contributed by atoms with Gasteiger partial charge in [-0.1, -0.05) is 151 Å². The van der Waals surface area contributed by atoms with Crippen LogP contribution in [0.4, 0.5) is 0 Å². The summed E-state index contributed by atoms with van der Waals surface area (Å²) in [5, 5.41) is 27.0. The molecule has 0 radical (unpaired) electrons. The summed E-state index contributed by atoms with van der Waals surface area (Å²) in [7, 11) is -2.73. The molecule has 0 bridgehead atoms. The van der Waals surface area contributed by atoms with Crippen molar-refractivity contribution in [3.63, 3.8) is 0 Å². The van der Waals surface area contributed by atoms with Crippen LogP contribution < -0.4 is 15.9 Å². The molecule has 39 heavy (non-hydrogen) atoms. The fourth-order valence-electron chi connectivity index (χ4n) is 5.92. The highest BCUT2D eigenvalue weighted by atomic mass is 31.2. The van der Waals surface area contributed by atoms with Crippen molar-refractivity contribution in [3.05, 3.63) is 91.0 Å². The van der Waals surface area contributed by atoms with E-state index in [1.54, 1.807) is 0 Å². The lowest BCUT2D eigenvalue weighted by molar-refractivity contribution is -0.0888. The molecule has 0 aliphatic heterocycles. The zero-order chi connectivity index (χ0) is 27.7. The van der Waals surface area contributed by atoms with E-state index in [2.05, 4.69) is 43.3 Å². The van der Waals surface area contributed by atoms with Crippen molar-refractivity contribution >= 4 is 23.2 Å². The summed E-state index contributed by atoms with van der Waals surface area (Å²) in [5.74, 6) is 0. The maximum Gasteiger partial charge on any atom is 0.293 e. The number of unbranched alkanes of at least 4 members (excludes halogenated alkanes) is 14. The molecule has 0 saturated heterocycles. The summed E-state index contributed by atoms with van der Waals surface area (Å²) in [5.41, 5.74) is -1.83. The Morgan fingerprint density at radius 3 is 1.03 bits per heavy atom. The lowest BCUT2D eigenvalue weighted by Gasteiger charge is -2.37. The van der Waals surface area contributed by atoms with Crippen LogP contribution >= 0.6 is 7.26 Å². The first-order valence-electron chi connectivity index (χ1n) is 15.6. The van der Waals surface area contributed by atoms with Gasteiger partial charge in [0.05, 0.1) is 0 Å². The van der Waals surface area contributed by atoms with Gasteiger partial charge in [0.15, 0.2) is 7.26 Å². The maximum absolute atomic E-state index is 12.0. The number of hydrogen-bond donors (Lipinski definition) is 2. The van der Waals surface area contributed by atoms with Crippen LogP contribution in [0.1, 0.15) is 110 Å². The minimum atomic E-state index is -2.73. The Morgan fingerprint density at radius 2 is 0.718 bits per heavy atom. The summed E-state index contributed by atoms with van der Waals surface area (Å²) < 4.78 is 0. The molecule has 212 valence electrons. The van der Waals surface area contributed by atoms with Crippen molar-refractivity contribution in [1.29, 1.82) is 0 Å². The highest BCUT2D eigenvalue weighted by Crippen LogP contribution is 2.65.